The van der Waals surface area contributed by atoms with E-state index in [1.807, 2.05) is 0 Å². The minimum absolute atomic E-state index is 0.0234. The number of amides is 2. The Balaban J connectivity index is 2.11. The number of fused-ring (bicyclic) bond motifs is 1. The number of guanidine groups is 1. The van der Waals surface area contributed by atoms with Crippen LogP contribution in [0.3, 0.4) is 0 Å². The van der Waals surface area contributed by atoms with E-state index in [1.54, 1.807) is 41.5 Å². The van der Waals surface area contributed by atoms with Gasteiger partial charge in [0.1, 0.15) is 11.6 Å². The molecule has 1 heterocycles. The summed E-state index contributed by atoms with van der Waals surface area (Å²) >= 11 is 0. The van der Waals surface area contributed by atoms with Crippen LogP contribution in [0.1, 0.15) is 62.3 Å². The number of rotatable bonds is 8. The lowest BCUT2D eigenvalue weighted by atomic mass is 10.0. The summed E-state index contributed by atoms with van der Waals surface area (Å²) < 4.78 is 79.5. The predicted octanol–water partition coefficient (Wildman–Crippen LogP) is 5.76. The number of aliphatic imine (C=N–C) groups is 1. The summed E-state index contributed by atoms with van der Waals surface area (Å²) in [6, 6.07) is 3.19. The van der Waals surface area contributed by atoms with E-state index in [2.05, 4.69) is 26.0 Å². The standard InChI is InChI=1S/C30H35F5N6O5/c1-15(2)23(37-28(44)46-29(4,5)6)26(43)41-22-13-18(30(33,34)35)9-10-19(22)24(40-41)38-27(36-16(3)14-45-7)39-25(42)17-8-11-20(31)21(32)12-17/h8-13,15-16,23H,14H2,1-7H3,(H,37,44)(H2,36,38,39,40,42)/t16-,23-/m0/s1. The van der Waals surface area contributed by atoms with Crippen molar-refractivity contribution in [2.45, 2.75) is 65.4 Å². The van der Waals surface area contributed by atoms with Crippen molar-refractivity contribution in [3.63, 3.8) is 0 Å². The smallest absolute Gasteiger partial charge is 0.416 e. The van der Waals surface area contributed by atoms with E-state index in [4.69, 9.17) is 9.47 Å². The molecule has 0 aliphatic rings. The lowest BCUT2D eigenvalue weighted by Crippen LogP contribution is -2.48. The van der Waals surface area contributed by atoms with Crippen molar-refractivity contribution in [2.24, 2.45) is 10.9 Å². The number of alkyl halides is 3. The van der Waals surface area contributed by atoms with Crippen molar-refractivity contribution in [3.05, 3.63) is 59.2 Å². The molecule has 0 saturated carbocycles. The van der Waals surface area contributed by atoms with Gasteiger partial charge in [-0.3, -0.25) is 14.9 Å². The number of carbonyl (C=O) groups is 3. The van der Waals surface area contributed by atoms with Gasteiger partial charge in [-0.25, -0.2) is 18.6 Å². The summed E-state index contributed by atoms with van der Waals surface area (Å²) in [7, 11) is 1.41. The molecule has 3 aromatic rings. The number of benzene rings is 2. The highest BCUT2D eigenvalue weighted by molar-refractivity contribution is 6.12. The Morgan fingerprint density at radius 3 is 2.24 bits per heavy atom. The average molecular weight is 655 g/mol. The minimum atomic E-state index is -4.77. The third-order valence-corrected chi connectivity index (χ3v) is 6.23. The molecule has 2 amide bonds. The van der Waals surface area contributed by atoms with Gasteiger partial charge in [0.2, 0.25) is 5.96 Å². The Bertz CT molecular complexity index is 1630. The summed E-state index contributed by atoms with van der Waals surface area (Å²) in [5.74, 6) is -5.25. The molecule has 0 unspecified atom stereocenters. The molecule has 46 heavy (non-hydrogen) atoms. The number of nitrogens with one attached hydrogen (secondary N) is 3. The molecule has 0 spiro atoms. The van der Waals surface area contributed by atoms with Crippen molar-refractivity contribution in [2.75, 3.05) is 19.0 Å². The molecular weight excluding hydrogens is 619 g/mol. The molecule has 11 nitrogen and oxygen atoms in total. The number of nitrogens with zero attached hydrogens (tertiary/aromatic N) is 3. The van der Waals surface area contributed by atoms with Crippen LogP contribution in [0.5, 0.6) is 0 Å². The van der Waals surface area contributed by atoms with Crippen LogP contribution in [0.15, 0.2) is 41.4 Å². The first-order valence-corrected chi connectivity index (χ1v) is 14.0. The molecule has 16 heteroatoms. The van der Waals surface area contributed by atoms with Gasteiger partial charge in [0.05, 0.1) is 23.7 Å². The summed E-state index contributed by atoms with van der Waals surface area (Å²) in [6.07, 6.45) is -5.70. The number of methoxy groups -OCH3 is 1. The zero-order valence-electron chi connectivity index (χ0n) is 26.2. The fourth-order valence-electron chi connectivity index (χ4n) is 4.16. The van der Waals surface area contributed by atoms with Crippen LogP contribution in [0.2, 0.25) is 0 Å². The normalized spacial score (nSPS) is 13.8. The van der Waals surface area contributed by atoms with E-state index in [1.165, 1.54) is 7.11 Å². The van der Waals surface area contributed by atoms with E-state index in [0.717, 1.165) is 30.3 Å². The van der Waals surface area contributed by atoms with Gasteiger partial charge in [-0.2, -0.15) is 17.9 Å². The molecule has 0 bridgehead atoms. The van der Waals surface area contributed by atoms with E-state index in [-0.39, 0.29) is 34.9 Å². The first kappa shape index (κ1) is 35.9. The maximum absolute atomic E-state index is 13.8. The van der Waals surface area contributed by atoms with Gasteiger partial charge in [0.25, 0.3) is 11.8 Å². The number of carbonyl (C=O) groups excluding carboxylic acids is 3. The summed E-state index contributed by atoms with van der Waals surface area (Å²) in [4.78, 5) is 43.6. The molecule has 1 aromatic heterocycles. The van der Waals surface area contributed by atoms with Crippen LogP contribution in [-0.2, 0) is 15.7 Å². The molecular formula is C30H35F5N6O5. The quantitative estimate of drug-likeness (QED) is 0.160. The van der Waals surface area contributed by atoms with Crippen LogP contribution in [-0.4, -0.2) is 65.0 Å². The number of alkyl carbamates (subject to hydrolysis) is 1. The summed E-state index contributed by atoms with van der Waals surface area (Å²) in [5, 5.41) is 11.8. The highest BCUT2D eigenvalue weighted by atomic mass is 19.4. The average Bonchev–Trinajstić information content (AvgIpc) is 3.28. The molecule has 2 atom stereocenters. The highest BCUT2D eigenvalue weighted by Gasteiger charge is 2.34. The van der Waals surface area contributed by atoms with Crippen LogP contribution >= 0.6 is 0 Å². The molecule has 0 fully saturated rings. The largest absolute Gasteiger partial charge is 0.444 e. The summed E-state index contributed by atoms with van der Waals surface area (Å²) in [5.41, 5.74) is -2.50. The fraction of sp³-hybridized carbons (Fsp3) is 0.433. The van der Waals surface area contributed by atoms with Crippen molar-refractivity contribution in [1.82, 2.24) is 20.4 Å². The zero-order valence-corrected chi connectivity index (χ0v) is 26.2. The number of hydrogen-bond acceptors (Lipinski definition) is 7. The third-order valence-electron chi connectivity index (χ3n) is 6.23. The monoisotopic (exact) mass is 654 g/mol. The lowest BCUT2D eigenvalue weighted by Gasteiger charge is -2.25. The first-order chi connectivity index (χ1) is 21.3. The predicted molar refractivity (Wildman–Crippen MR) is 160 cm³/mol. The minimum Gasteiger partial charge on any atom is -0.444 e. The van der Waals surface area contributed by atoms with Crippen LogP contribution < -0.4 is 16.0 Å². The van der Waals surface area contributed by atoms with E-state index in [0.29, 0.717) is 10.7 Å². The number of halogens is 5. The van der Waals surface area contributed by atoms with Crippen LogP contribution in [0.4, 0.5) is 32.6 Å². The van der Waals surface area contributed by atoms with Gasteiger partial charge in [0, 0.05) is 18.1 Å². The Morgan fingerprint density at radius 1 is 1.00 bits per heavy atom. The lowest BCUT2D eigenvalue weighted by molar-refractivity contribution is -0.137. The first-order valence-electron chi connectivity index (χ1n) is 14.0. The van der Waals surface area contributed by atoms with Crippen LogP contribution in [0, 0.1) is 17.6 Å². The van der Waals surface area contributed by atoms with Crippen LogP contribution in [0.25, 0.3) is 10.9 Å². The topological polar surface area (TPSA) is 136 Å². The van der Waals surface area contributed by atoms with E-state index in [9.17, 15) is 36.3 Å². The number of ether oxygens (including phenoxy) is 2. The maximum Gasteiger partial charge on any atom is 0.416 e. The highest BCUT2D eigenvalue weighted by Crippen LogP contribution is 2.33. The van der Waals surface area contributed by atoms with Gasteiger partial charge in [-0.05, 0) is 70.0 Å². The Hall–Kier alpha value is -4.60. The molecule has 0 aliphatic heterocycles. The zero-order chi connectivity index (χ0) is 34.6. The fourth-order valence-corrected chi connectivity index (χ4v) is 4.16. The third kappa shape index (κ3) is 9.22. The van der Waals surface area contributed by atoms with Gasteiger partial charge in [-0.15, -0.1) is 5.10 Å². The van der Waals surface area contributed by atoms with Gasteiger partial charge >= 0.3 is 12.3 Å². The second kappa shape index (κ2) is 14.2. The Labute approximate surface area is 261 Å². The number of hydrogen-bond donors (Lipinski definition) is 3. The SMILES string of the molecule is COC[C@H](C)N=C(NC(=O)c1ccc(F)c(F)c1)Nc1nn(C(=O)[C@@H](NC(=O)OC(C)(C)C)C(C)C)c2cc(C(F)(F)F)ccc12. The van der Waals surface area contributed by atoms with Crippen molar-refractivity contribution >= 4 is 40.6 Å². The molecule has 0 radical (unpaired) electrons. The molecule has 0 aliphatic carbocycles. The molecule has 3 rings (SSSR count). The molecule has 2 aromatic carbocycles. The number of anilines is 1. The Morgan fingerprint density at radius 2 is 1.67 bits per heavy atom. The number of aromatic nitrogens is 2. The summed E-state index contributed by atoms with van der Waals surface area (Å²) in [6.45, 7) is 9.79. The van der Waals surface area contributed by atoms with E-state index >= 15 is 0 Å². The second-order valence-corrected chi connectivity index (χ2v) is 11.7. The van der Waals surface area contributed by atoms with Crippen molar-refractivity contribution in [1.29, 1.82) is 0 Å². The molecule has 0 saturated heterocycles. The molecule has 250 valence electrons. The van der Waals surface area contributed by atoms with Crippen molar-refractivity contribution < 1.29 is 45.8 Å². The molecule has 3 N–H and O–H groups in total. The second-order valence-electron chi connectivity index (χ2n) is 11.7. The van der Waals surface area contributed by atoms with E-state index < -0.39 is 64.9 Å². The maximum atomic E-state index is 13.8. The van der Waals surface area contributed by atoms with Gasteiger partial charge in [0.15, 0.2) is 17.5 Å². The van der Waals surface area contributed by atoms with Gasteiger partial charge in [-0.1, -0.05) is 13.8 Å². The van der Waals surface area contributed by atoms with Gasteiger partial charge < -0.3 is 20.1 Å². The Kier molecular flexibility index (Phi) is 11.1. The van der Waals surface area contributed by atoms with Crippen molar-refractivity contribution in [3.8, 4) is 0 Å².